The maximum absolute atomic E-state index is 11.0. The van der Waals surface area contributed by atoms with Crippen molar-refractivity contribution in [1.29, 1.82) is 0 Å². The molecule has 0 unspecified atom stereocenters. The molecule has 5 heteroatoms. The molecule has 0 aliphatic rings. The van der Waals surface area contributed by atoms with Gasteiger partial charge in [-0.2, -0.15) is 0 Å². The topological polar surface area (TPSA) is 55.8 Å². The smallest absolute Gasteiger partial charge is 0.303 e. The summed E-state index contributed by atoms with van der Waals surface area (Å²) in [6.07, 6.45) is 0.480. The highest BCUT2D eigenvalue weighted by Gasteiger charge is 2.11. The Labute approximate surface area is 163 Å². The van der Waals surface area contributed by atoms with Gasteiger partial charge >= 0.3 is 5.97 Å². The number of carboxylic acids is 1. The van der Waals surface area contributed by atoms with Gasteiger partial charge in [-0.3, -0.25) is 4.79 Å². The van der Waals surface area contributed by atoms with Crippen LogP contribution < -0.4 is 9.47 Å². The van der Waals surface area contributed by atoms with Crippen LogP contribution in [0, 0.1) is 6.92 Å². The van der Waals surface area contributed by atoms with Crippen LogP contribution in [-0.2, 0) is 11.2 Å². The molecule has 0 saturated carbocycles. The first-order chi connectivity index (χ1) is 13.0. The Morgan fingerprint density at radius 2 is 1.81 bits per heavy atom. The standard InChI is InChI=1S/C22H21ClO4/c1-15-14-17(7-9-20(15)23)26-12-13-27-21-10-6-16-4-2-3-5-18(16)19(21)8-11-22(24)25/h2-7,9-10,14H,8,11-13H2,1H3,(H,24,25). The third-order valence-corrected chi connectivity index (χ3v) is 4.75. The van der Waals surface area contributed by atoms with Crippen molar-refractivity contribution in [3.8, 4) is 11.5 Å². The lowest BCUT2D eigenvalue weighted by molar-refractivity contribution is -0.136. The van der Waals surface area contributed by atoms with Crippen LogP contribution in [0.4, 0.5) is 0 Å². The first-order valence-corrected chi connectivity index (χ1v) is 9.16. The van der Waals surface area contributed by atoms with Crippen molar-refractivity contribution >= 4 is 28.3 Å². The lowest BCUT2D eigenvalue weighted by atomic mass is 10.00. The van der Waals surface area contributed by atoms with E-state index in [-0.39, 0.29) is 6.42 Å². The van der Waals surface area contributed by atoms with Gasteiger partial charge < -0.3 is 14.6 Å². The van der Waals surface area contributed by atoms with Gasteiger partial charge in [0, 0.05) is 17.0 Å². The number of carboxylic acid groups (broad SMARTS) is 1. The molecule has 0 amide bonds. The van der Waals surface area contributed by atoms with E-state index >= 15 is 0 Å². The summed E-state index contributed by atoms with van der Waals surface area (Å²) in [4.78, 5) is 11.0. The zero-order valence-corrected chi connectivity index (χ0v) is 15.8. The quantitative estimate of drug-likeness (QED) is 0.537. The van der Waals surface area contributed by atoms with E-state index in [1.165, 1.54) is 0 Å². The number of rotatable bonds is 8. The summed E-state index contributed by atoms with van der Waals surface area (Å²) >= 11 is 6.02. The van der Waals surface area contributed by atoms with E-state index in [9.17, 15) is 4.79 Å². The highest BCUT2D eigenvalue weighted by atomic mass is 35.5. The molecule has 0 aromatic heterocycles. The molecule has 0 atom stereocenters. The molecule has 140 valence electrons. The molecule has 4 nitrogen and oxygen atoms in total. The average molecular weight is 385 g/mol. The Kier molecular flexibility index (Phi) is 6.20. The van der Waals surface area contributed by atoms with Gasteiger partial charge in [-0.05, 0) is 53.9 Å². The number of carbonyl (C=O) groups is 1. The molecule has 0 heterocycles. The Hall–Kier alpha value is -2.72. The van der Waals surface area contributed by atoms with Crippen molar-refractivity contribution in [3.63, 3.8) is 0 Å². The van der Waals surface area contributed by atoms with Crippen LogP contribution in [0.2, 0.25) is 5.02 Å². The number of ether oxygens (including phenoxy) is 2. The van der Waals surface area contributed by atoms with Crippen LogP contribution in [0.25, 0.3) is 10.8 Å². The van der Waals surface area contributed by atoms with Crippen LogP contribution in [0.5, 0.6) is 11.5 Å². The molecule has 27 heavy (non-hydrogen) atoms. The molecule has 3 aromatic carbocycles. The number of hydrogen-bond acceptors (Lipinski definition) is 3. The molecule has 3 aromatic rings. The summed E-state index contributed by atoms with van der Waals surface area (Å²) in [5.74, 6) is 0.617. The fourth-order valence-corrected chi connectivity index (χ4v) is 3.08. The normalized spacial score (nSPS) is 10.7. The third-order valence-electron chi connectivity index (χ3n) is 4.33. The monoisotopic (exact) mass is 384 g/mol. The van der Waals surface area contributed by atoms with Gasteiger partial charge in [-0.25, -0.2) is 0 Å². The summed E-state index contributed by atoms with van der Waals surface area (Å²) in [6, 6.07) is 17.3. The lowest BCUT2D eigenvalue weighted by Crippen LogP contribution is -2.10. The molecule has 3 rings (SSSR count). The molecule has 0 radical (unpaired) electrons. The Balaban J connectivity index is 1.69. The van der Waals surface area contributed by atoms with Crippen LogP contribution in [0.3, 0.4) is 0 Å². The summed E-state index contributed by atoms with van der Waals surface area (Å²) in [6.45, 7) is 2.67. The van der Waals surface area contributed by atoms with E-state index in [2.05, 4.69) is 0 Å². The highest BCUT2D eigenvalue weighted by Crippen LogP contribution is 2.29. The number of halogens is 1. The molecule has 0 bridgehead atoms. The summed E-state index contributed by atoms with van der Waals surface area (Å²) in [7, 11) is 0. The van der Waals surface area contributed by atoms with Gasteiger partial charge in [-0.1, -0.05) is 41.9 Å². The second-order valence-electron chi connectivity index (χ2n) is 6.27. The summed E-state index contributed by atoms with van der Waals surface area (Å²) in [5, 5.41) is 11.8. The van der Waals surface area contributed by atoms with Crippen LogP contribution in [-0.4, -0.2) is 24.3 Å². The van der Waals surface area contributed by atoms with E-state index in [0.29, 0.717) is 30.4 Å². The predicted molar refractivity (Wildman–Crippen MR) is 107 cm³/mol. The minimum Gasteiger partial charge on any atom is -0.490 e. The molecule has 0 spiro atoms. The molecule has 1 N–H and O–H groups in total. The fraction of sp³-hybridized carbons (Fsp3) is 0.227. The Morgan fingerprint density at radius 1 is 1.04 bits per heavy atom. The van der Waals surface area contributed by atoms with E-state index in [0.717, 1.165) is 27.6 Å². The minimum atomic E-state index is -0.824. The maximum Gasteiger partial charge on any atom is 0.303 e. The van der Waals surface area contributed by atoms with Crippen molar-refractivity contribution in [1.82, 2.24) is 0 Å². The van der Waals surface area contributed by atoms with E-state index < -0.39 is 5.97 Å². The summed E-state index contributed by atoms with van der Waals surface area (Å²) < 4.78 is 11.6. The van der Waals surface area contributed by atoms with Crippen molar-refractivity contribution in [3.05, 3.63) is 70.7 Å². The van der Waals surface area contributed by atoms with Crippen LogP contribution >= 0.6 is 11.6 Å². The minimum absolute atomic E-state index is 0.0604. The number of aryl methyl sites for hydroxylation is 2. The van der Waals surface area contributed by atoms with Crippen molar-refractivity contribution in [2.45, 2.75) is 19.8 Å². The van der Waals surface area contributed by atoms with Gasteiger partial charge in [0.25, 0.3) is 0 Å². The molecule has 0 aliphatic carbocycles. The lowest BCUT2D eigenvalue weighted by Gasteiger charge is -2.14. The molecule has 0 saturated heterocycles. The Bertz CT molecular complexity index is 952. The second-order valence-corrected chi connectivity index (χ2v) is 6.67. The van der Waals surface area contributed by atoms with Gasteiger partial charge in [0.15, 0.2) is 0 Å². The first kappa shape index (κ1) is 19.1. The second kappa shape index (κ2) is 8.78. The number of fused-ring (bicyclic) bond motifs is 1. The predicted octanol–water partition coefficient (Wildman–Crippen LogP) is 5.28. The third kappa shape index (κ3) is 4.92. The zero-order chi connectivity index (χ0) is 19.2. The Morgan fingerprint density at radius 3 is 2.59 bits per heavy atom. The zero-order valence-electron chi connectivity index (χ0n) is 15.1. The van der Waals surface area contributed by atoms with Gasteiger partial charge in [0.05, 0.1) is 0 Å². The van der Waals surface area contributed by atoms with Crippen molar-refractivity contribution in [2.24, 2.45) is 0 Å². The SMILES string of the molecule is Cc1cc(OCCOc2ccc3ccccc3c2CCC(=O)O)ccc1Cl. The van der Waals surface area contributed by atoms with Gasteiger partial charge in [0.2, 0.25) is 0 Å². The van der Waals surface area contributed by atoms with Crippen LogP contribution in [0.1, 0.15) is 17.5 Å². The summed E-state index contributed by atoms with van der Waals surface area (Å²) in [5.41, 5.74) is 1.87. The molecule has 0 aliphatic heterocycles. The molecule has 0 fully saturated rings. The van der Waals surface area contributed by atoms with Crippen molar-refractivity contribution in [2.75, 3.05) is 13.2 Å². The van der Waals surface area contributed by atoms with E-state index in [4.69, 9.17) is 26.2 Å². The van der Waals surface area contributed by atoms with Gasteiger partial charge in [-0.15, -0.1) is 0 Å². The van der Waals surface area contributed by atoms with E-state index in [1.807, 2.05) is 55.5 Å². The molecular weight excluding hydrogens is 364 g/mol. The highest BCUT2D eigenvalue weighted by molar-refractivity contribution is 6.31. The maximum atomic E-state index is 11.0. The van der Waals surface area contributed by atoms with E-state index in [1.54, 1.807) is 6.07 Å². The number of benzene rings is 3. The molecular formula is C22H21ClO4. The fourth-order valence-electron chi connectivity index (χ4n) is 2.96. The largest absolute Gasteiger partial charge is 0.490 e. The first-order valence-electron chi connectivity index (χ1n) is 8.79. The average Bonchev–Trinajstić information content (AvgIpc) is 2.66. The van der Waals surface area contributed by atoms with Gasteiger partial charge in [0.1, 0.15) is 24.7 Å². The van der Waals surface area contributed by atoms with Crippen LogP contribution in [0.15, 0.2) is 54.6 Å². The number of aliphatic carboxylic acids is 1. The number of hydrogen-bond donors (Lipinski definition) is 1. The van der Waals surface area contributed by atoms with Crippen molar-refractivity contribution < 1.29 is 19.4 Å².